The van der Waals surface area contributed by atoms with Crippen LogP contribution in [0.3, 0.4) is 0 Å². The van der Waals surface area contributed by atoms with Gasteiger partial charge in [-0.2, -0.15) is 0 Å². The molecule has 0 aromatic rings. The molecule has 0 bridgehead atoms. The standard InChI is InChI=1S/C14H27N3/c1-2-14(5-7-15-6-1)17-10-8-16(9-11-17)12-13-3-4-13/h13-15H,1-12H2. The van der Waals surface area contributed by atoms with Crippen LogP contribution in [-0.4, -0.2) is 61.7 Å². The van der Waals surface area contributed by atoms with E-state index in [2.05, 4.69) is 15.1 Å². The quantitative estimate of drug-likeness (QED) is 0.794. The number of piperazine rings is 1. The molecule has 3 fully saturated rings. The first-order chi connectivity index (χ1) is 8.42. The molecule has 1 N–H and O–H groups in total. The second kappa shape index (κ2) is 5.68. The molecule has 1 saturated carbocycles. The Morgan fingerprint density at radius 3 is 2.47 bits per heavy atom. The van der Waals surface area contributed by atoms with Gasteiger partial charge in [0.15, 0.2) is 0 Å². The predicted molar refractivity (Wildman–Crippen MR) is 71.2 cm³/mol. The van der Waals surface area contributed by atoms with E-state index in [9.17, 15) is 0 Å². The highest BCUT2D eigenvalue weighted by Gasteiger charge is 2.28. The maximum atomic E-state index is 3.52. The second-order valence-electron chi connectivity index (χ2n) is 6.11. The first-order valence-electron chi connectivity index (χ1n) is 7.59. The topological polar surface area (TPSA) is 18.5 Å². The highest BCUT2D eigenvalue weighted by atomic mass is 15.3. The molecule has 2 heterocycles. The molecule has 3 nitrogen and oxygen atoms in total. The lowest BCUT2D eigenvalue weighted by atomic mass is 10.1. The van der Waals surface area contributed by atoms with Crippen molar-refractivity contribution in [2.24, 2.45) is 5.92 Å². The van der Waals surface area contributed by atoms with Gasteiger partial charge in [0, 0.05) is 38.8 Å². The van der Waals surface area contributed by atoms with E-state index >= 15 is 0 Å². The molecule has 3 rings (SSSR count). The zero-order valence-corrected chi connectivity index (χ0v) is 11.0. The highest BCUT2D eigenvalue weighted by molar-refractivity contribution is 4.84. The van der Waals surface area contributed by atoms with Crippen LogP contribution >= 0.6 is 0 Å². The van der Waals surface area contributed by atoms with Crippen LogP contribution in [0.2, 0.25) is 0 Å². The zero-order valence-electron chi connectivity index (χ0n) is 11.0. The van der Waals surface area contributed by atoms with Gasteiger partial charge in [0.05, 0.1) is 0 Å². The monoisotopic (exact) mass is 237 g/mol. The summed E-state index contributed by atoms with van der Waals surface area (Å²) in [6.07, 6.45) is 7.13. The molecule has 3 aliphatic rings. The number of nitrogens with one attached hydrogen (secondary N) is 1. The van der Waals surface area contributed by atoms with E-state index in [1.807, 2.05) is 0 Å². The van der Waals surface area contributed by atoms with Crippen molar-refractivity contribution in [3.63, 3.8) is 0 Å². The van der Waals surface area contributed by atoms with Gasteiger partial charge in [-0.15, -0.1) is 0 Å². The van der Waals surface area contributed by atoms with Gasteiger partial charge < -0.3 is 10.2 Å². The summed E-state index contributed by atoms with van der Waals surface area (Å²) in [5.41, 5.74) is 0. The molecule has 17 heavy (non-hydrogen) atoms. The lowest BCUT2D eigenvalue weighted by Crippen LogP contribution is -2.50. The van der Waals surface area contributed by atoms with E-state index in [0.717, 1.165) is 12.0 Å². The fraction of sp³-hybridized carbons (Fsp3) is 1.00. The summed E-state index contributed by atoms with van der Waals surface area (Å²) in [7, 11) is 0. The molecule has 98 valence electrons. The average molecular weight is 237 g/mol. The average Bonchev–Trinajstić information content (AvgIpc) is 3.16. The Morgan fingerprint density at radius 2 is 1.71 bits per heavy atom. The Hall–Kier alpha value is -0.120. The van der Waals surface area contributed by atoms with Gasteiger partial charge in [-0.1, -0.05) is 0 Å². The molecule has 0 aromatic carbocycles. The molecule has 1 unspecified atom stereocenters. The SMILES string of the molecule is C1CNCCC(N2CCN(CC3CC3)CC2)C1. The van der Waals surface area contributed by atoms with Gasteiger partial charge in [0.25, 0.3) is 0 Å². The molecule has 2 aliphatic heterocycles. The maximum absolute atomic E-state index is 3.52. The fourth-order valence-electron chi connectivity index (χ4n) is 3.34. The van der Waals surface area contributed by atoms with Crippen molar-refractivity contribution in [3.05, 3.63) is 0 Å². The minimum Gasteiger partial charge on any atom is -0.317 e. The Bertz CT molecular complexity index is 224. The van der Waals surface area contributed by atoms with Gasteiger partial charge in [-0.25, -0.2) is 0 Å². The van der Waals surface area contributed by atoms with Gasteiger partial charge in [0.1, 0.15) is 0 Å². The van der Waals surface area contributed by atoms with Crippen LogP contribution in [0.1, 0.15) is 32.1 Å². The summed E-state index contributed by atoms with van der Waals surface area (Å²) in [4.78, 5) is 5.46. The summed E-state index contributed by atoms with van der Waals surface area (Å²) < 4.78 is 0. The molecule has 1 aliphatic carbocycles. The van der Waals surface area contributed by atoms with Crippen LogP contribution in [0.25, 0.3) is 0 Å². The molecule has 0 radical (unpaired) electrons. The van der Waals surface area contributed by atoms with Gasteiger partial charge in [0.2, 0.25) is 0 Å². The molecule has 3 heteroatoms. The smallest absolute Gasteiger partial charge is 0.0113 e. The van der Waals surface area contributed by atoms with Gasteiger partial charge in [-0.3, -0.25) is 4.90 Å². The highest BCUT2D eigenvalue weighted by Crippen LogP contribution is 2.30. The van der Waals surface area contributed by atoms with Crippen LogP contribution in [0.5, 0.6) is 0 Å². The normalized spacial score (nSPS) is 33.5. The third-order valence-electron chi connectivity index (χ3n) is 4.68. The molecule has 1 atom stereocenters. The summed E-state index contributed by atoms with van der Waals surface area (Å²) in [6.45, 7) is 9.13. The van der Waals surface area contributed by atoms with Gasteiger partial charge >= 0.3 is 0 Å². The summed E-state index contributed by atoms with van der Waals surface area (Å²) in [5.74, 6) is 1.06. The summed E-state index contributed by atoms with van der Waals surface area (Å²) >= 11 is 0. The largest absolute Gasteiger partial charge is 0.317 e. The maximum Gasteiger partial charge on any atom is 0.0113 e. The lowest BCUT2D eigenvalue weighted by molar-refractivity contribution is 0.0878. The number of rotatable bonds is 3. The minimum absolute atomic E-state index is 0.869. The van der Waals surface area contributed by atoms with Crippen LogP contribution < -0.4 is 5.32 Å². The van der Waals surface area contributed by atoms with Crippen LogP contribution in [0.4, 0.5) is 0 Å². The van der Waals surface area contributed by atoms with E-state index in [4.69, 9.17) is 0 Å². The molecular formula is C14H27N3. The van der Waals surface area contributed by atoms with E-state index in [0.29, 0.717) is 0 Å². The van der Waals surface area contributed by atoms with Crippen molar-refractivity contribution in [2.45, 2.75) is 38.1 Å². The minimum atomic E-state index is 0.869. The van der Waals surface area contributed by atoms with E-state index < -0.39 is 0 Å². The Kier molecular flexibility index (Phi) is 3.99. The number of hydrogen-bond acceptors (Lipinski definition) is 3. The van der Waals surface area contributed by atoms with Crippen LogP contribution in [-0.2, 0) is 0 Å². The molecular weight excluding hydrogens is 210 g/mol. The lowest BCUT2D eigenvalue weighted by Gasteiger charge is -2.39. The molecule has 0 spiro atoms. The first-order valence-corrected chi connectivity index (χ1v) is 7.59. The number of hydrogen-bond donors (Lipinski definition) is 1. The zero-order chi connectivity index (χ0) is 11.5. The van der Waals surface area contributed by atoms with Crippen molar-refractivity contribution in [1.29, 1.82) is 0 Å². The Balaban J connectivity index is 1.42. The van der Waals surface area contributed by atoms with Crippen molar-refractivity contribution in [3.8, 4) is 0 Å². The molecule has 0 aromatic heterocycles. The number of nitrogens with zero attached hydrogens (tertiary/aromatic N) is 2. The van der Waals surface area contributed by atoms with Crippen molar-refractivity contribution in [1.82, 2.24) is 15.1 Å². The fourth-order valence-corrected chi connectivity index (χ4v) is 3.34. The van der Waals surface area contributed by atoms with E-state index in [1.54, 1.807) is 0 Å². The Labute approximate surface area is 106 Å². The second-order valence-corrected chi connectivity index (χ2v) is 6.11. The van der Waals surface area contributed by atoms with Crippen molar-refractivity contribution >= 4 is 0 Å². The summed E-state index contributed by atoms with van der Waals surface area (Å²) in [6, 6.07) is 0.869. The Morgan fingerprint density at radius 1 is 0.882 bits per heavy atom. The van der Waals surface area contributed by atoms with Crippen LogP contribution in [0, 0.1) is 5.92 Å². The van der Waals surface area contributed by atoms with E-state index in [1.165, 1.54) is 77.9 Å². The van der Waals surface area contributed by atoms with E-state index in [-0.39, 0.29) is 0 Å². The van der Waals surface area contributed by atoms with Crippen molar-refractivity contribution < 1.29 is 0 Å². The first kappa shape index (κ1) is 11.9. The van der Waals surface area contributed by atoms with Crippen LogP contribution in [0.15, 0.2) is 0 Å². The van der Waals surface area contributed by atoms with Crippen molar-refractivity contribution in [2.75, 3.05) is 45.8 Å². The molecule has 2 saturated heterocycles. The predicted octanol–water partition coefficient (Wildman–Crippen LogP) is 1.16. The summed E-state index contributed by atoms with van der Waals surface area (Å²) in [5, 5.41) is 3.52. The molecule has 0 amide bonds. The third kappa shape index (κ3) is 3.43. The third-order valence-corrected chi connectivity index (χ3v) is 4.68. The van der Waals surface area contributed by atoms with Gasteiger partial charge in [-0.05, 0) is 51.1 Å².